The summed E-state index contributed by atoms with van der Waals surface area (Å²) >= 11 is 5.81. The average Bonchev–Trinajstić information content (AvgIpc) is 2.78. The Kier molecular flexibility index (Phi) is 4.58. The van der Waals surface area contributed by atoms with E-state index in [4.69, 9.17) is 11.6 Å². The van der Waals surface area contributed by atoms with Gasteiger partial charge in [0.05, 0.1) is 5.92 Å². The SMILES string of the molecule is CC1NNCC1C(=O)NCCc1ccc(Cl)cc1. The highest BCUT2D eigenvalue weighted by Gasteiger charge is 2.28. The van der Waals surface area contributed by atoms with E-state index in [-0.39, 0.29) is 17.9 Å². The molecule has 98 valence electrons. The highest BCUT2D eigenvalue weighted by molar-refractivity contribution is 6.30. The molecule has 1 heterocycles. The minimum atomic E-state index is 0.00946. The maximum atomic E-state index is 11.9. The molecule has 1 aliphatic heterocycles. The number of halogens is 1. The number of nitrogens with one attached hydrogen (secondary N) is 3. The summed E-state index contributed by atoms with van der Waals surface area (Å²) < 4.78 is 0. The molecule has 5 heteroatoms. The number of carbonyl (C=O) groups excluding carboxylic acids is 1. The molecule has 4 nitrogen and oxygen atoms in total. The Labute approximate surface area is 112 Å². The van der Waals surface area contributed by atoms with E-state index >= 15 is 0 Å². The third-order valence-corrected chi connectivity index (χ3v) is 3.47. The first-order valence-corrected chi connectivity index (χ1v) is 6.55. The predicted molar refractivity (Wildman–Crippen MR) is 72.3 cm³/mol. The molecule has 0 bridgehead atoms. The molecule has 0 spiro atoms. The zero-order chi connectivity index (χ0) is 13.0. The van der Waals surface area contributed by atoms with Crippen molar-refractivity contribution in [1.82, 2.24) is 16.2 Å². The molecular weight excluding hydrogens is 250 g/mol. The van der Waals surface area contributed by atoms with Crippen LogP contribution >= 0.6 is 11.6 Å². The van der Waals surface area contributed by atoms with E-state index in [1.165, 1.54) is 5.56 Å². The average molecular weight is 268 g/mol. The molecular formula is C13H18ClN3O. The minimum absolute atomic E-state index is 0.00946. The van der Waals surface area contributed by atoms with Crippen LogP contribution < -0.4 is 16.2 Å². The van der Waals surface area contributed by atoms with Gasteiger partial charge in [-0.05, 0) is 31.0 Å². The van der Waals surface area contributed by atoms with Crippen molar-refractivity contribution in [3.05, 3.63) is 34.9 Å². The van der Waals surface area contributed by atoms with Crippen LogP contribution in [0.25, 0.3) is 0 Å². The number of rotatable bonds is 4. The highest BCUT2D eigenvalue weighted by atomic mass is 35.5. The van der Waals surface area contributed by atoms with Gasteiger partial charge in [-0.1, -0.05) is 23.7 Å². The summed E-state index contributed by atoms with van der Waals surface area (Å²) in [6.07, 6.45) is 0.824. The fraction of sp³-hybridized carbons (Fsp3) is 0.462. The number of benzene rings is 1. The monoisotopic (exact) mass is 267 g/mol. The topological polar surface area (TPSA) is 53.2 Å². The van der Waals surface area contributed by atoms with E-state index in [2.05, 4.69) is 16.2 Å². The zero-order valence-corrected chi connectivity index (χ0v) is 11.1. The van der Waals surface area contributed by atoms with Gasteiger partial charge in [-0.3, -0.25) is 15.6 Å². The summed E-state index contributed by atoms with van der Waals surface area (Å²) in [5, 5.41) is 3.70. The normalized spacial score (nSPS) is 23.0. The molecule has 0 aromatic heterocycles. The van der Waals surface area contributed by atoms with Crippen molar-refractivity contribution in [2.45, 2.75) is 19.4 Å². The Hall–Kier alpha value is -1.10. The van der Waals surface area contributed by atoms with Crippen LogP contribution in [0.4, 0.5) is 0 Å². The summed E-state index contributed by atoms with van der Waals surface area (Å²) in [6, 6.07) is 7.88. The van der Waals surface area contributed by atoms with Gasteiger partial charge >= 0.3 is 0 Å². The number of hydrazine groups is 1. The van der Waals surface area contributed by atoms with E-state index in [1.807, 2.05) is 31.2 Å². The van der Waals surface area contributed by atoms with Crippen molar-refractivity contribution in [2.24, 2.45) is 5.92 Å². The number of hydrogen-bond acceptors (Lipinski definition) is 3. The zero-order valence-electron chi connectivity index (χ0n) is 10.4. The maximum Gasteiger partial charge on any atom is 0.226 e. The lowest BCUT2D eigenvalue weighted by Gasteiger charge is -2.13. The van der Waals surface area contributed by atoms with Crippen LogP contribution in [0.5, 0.6) is 0 Å². The lowest BCUT2D eigenvalue weighted by molar-refractivity contribution is -0.124. The summed E-state index contributed by atoms with van der Waals surface area (Å²) in [5.74, 6) is 0.115. The molecule has 3 N–H and O–H groups in total. The second-order valence-corrected chi connectivity index (χ2v) is 5.02. The van der Waals surface area contributed by atoms with E-state index in [1.54, 1.807) is 0 Å². The molecule has 1 aliphatic rings. The van der Waals surface area contributed by atoms with Crippen molar-refractivity contribution < 1.29 is 4.79 Å². The lowest BCUT2D eigenvalue weighted by atomic mass is 10.0. The number of hydrogen-bond donors (Lipinski definition) is 3. The smallest absolute Gasteiger partial charge is 0.226 e. The molecule has 0 aliphatic carbocycles. The predicted octanol–water partition coefficient (Wildman–Crippen LogP) is 1.11. The Morgan fingerprint density at radius 3 is 2.78 bits per heavy atom. The van der Waals surface area contributed by atoms with Crippen LogP contribution in [0, 0.1) is 5.92 Å². The van der Waals surface area contributed by atoms with E-state index < -0.39 is 0 Å². The molecule has 18 heavy (non-hydrogen) atoms. The van der Waals surface area contributed by atoms with Crippen molar-refractivity contribution in [2.75, 3.05) is 13.1 Å². The van der Waals surface area contributed by atoms with E-state index in [0.29, 0.717) is 13.1 Å². The van der Waals surface area contributed by atoms with Crippen molar-refractivity contribution in [3.8, 4) is 0 Å². The van der Waals surface area contributed by atoms with E-state index in [9.17, 15) is 4.79 Å². The van der Waals surface area contributed by atoms with E-state index in [0.717, 1.165) is 11.4 Å². The molecule has 1 aromatic rings. The molecule has 0 radical (unpaired) electrons. The molecule has 2 rings (SSSR count). The van der Waals surface area contributed by atoms with Gasteiger partial charge in [0.15, 0.2) is 0 Å². The fourth-order valence-electron chi connectivity index (χ4n) is 2.04. The van der Waals surface area contributed by atoms with Crippen LogP contribution in [0.1, 0.15) is 12.5 Å². The van der Waals surface area contributed by atoms with Crippen LogP contribution in [0.3, 0.4) is 0 Å². The third kappa shape index (κ3) is 3.45. The molecule has 2 unspecified atom stereocenters. The molecule has 1 fully saturated rings. The van der Waals surface area contributed by atoms with Crippen LogP contribution in [-0.4, -0.2) is 25.0 Å². The summed E-state index contributed by atoms with van der Waals surface area (Å²) in [7, 11) is 0. The van der Waals surface area contributed by atoms with Crippen molar-refractivity contribution >= 4 is 17.5 Å². The van der Waals surface area contributed by atoms with Crippen molar-refractivity contribution in [1.29, 1.82) is 0 Å². The Morgan fingerprint density at radius 2 is 2.17 bits per heavy atom. The first-order chi connectivity index (χ1) is 8.66. The van der Waals surface area contributed by atoms with Gasteiger partial charge in [0.2, 0.25) is 5.91 Å². The molecule has 2 atom stereocenters. The van der Waals surface area contributed by atoms with Gasteiger partial charge in [-0.15, -0.1) is 0 Å². The quantitative estimate of drug-likeness (QED) is 0.766. The highest BCUT2D eigenvalue weighted by Crippen LogP contribution is 2.10. The van der Waals surface area contributed by atoms with Gasteiger partial charge < -0.3 is 5.32 Å². The van der Waals surface area contributed by atoms with Gasteiger partial charge in [-0.2, -0.15) is 0 Å². The van der Waals surface area contributed by atoms with Gasteiger partial charge in [0.1, 0.15) is 0 Å². The molecule has 0 saturated carbocycles. The van der Waals surface area contributed by atoms with Crippen LogP contribution in [0.15, 0.2) is 24.3 Å². The maximum absolute atomic E-state index is 11.9. The third-order valence-electron chi connectivity index (χ3n) is 3.22. The number of amides is 1. The largest absolute Gasteiger partial charge is 0.355 e. The first kappa shape index (κ1) is 13.3. The van der Waals surface area contributed by atoms with Crippen molar-refractivity contribution in [3.63, 3.8) is 0 Å². The lowest BCUT2D eigenvalue weighted by Crippen LogP contribution is -2.38. The standard InChI is InChI=1S/C13H18ClN3O/c1-9-12(8-16-17-9)13(18)15-7-6-10-2-4-11(14)5-3-10/h2-5,9,12,16-17H,6-8H2,1H3,(H,15,18). The summed E-state index contributed by atoms with van der Waals surface area (Å²) in [6.45, 7) is 3.35. The Bertz CT molecular complexity index is 407. The fourth-order valence-corrected chi connectivity index (χ4v) is 2.17. The molecule has 1 amide bonds. The van der Waals surface area contributed by atoms with Gasteiger partial charge in [-0.25, -0.2) is 0 Å². The van der Waals surface area contributed by atoms with Crippen LogP contribution in [0.2, 0.25) is 5.02 Å². The second-order valence-electron chi connectivity index (χ2n) is 4.59. The van der Waals surface area contributed by atoms with Gasteiger partial charge in [0, 0.05) is 24.2 Å². The summed E-state index contributed by atoms with van der Waals surface area (Å²) in [5.41, 5.74) is 7.21. The van der Waals surface area contributed by atoms with Gasteiger partial charge in [0.25, 0.3) is 0 Å². The molecule has 1 aromatic carbocycles. The Morgan fingerprint density at radius 1 is 1.44 bits per heavy atom. The Balaban J connectivity index is 1.75. The minimum Gasteiger partial charge on any atom is -0.355 e. The first-order valence-electron chi connectivity index (χ1n) is 6.17. The second kappa shape index (κ2) is 6.18. The summed E-state index contributed by atoms with van der Waals surface area (Å²) in [4.78, 5) is 11.9. The van der Waals surface area contributed by atoms with Crippen LogP contribution in [-0.2, 0) is 11.2 Å². The number of carbonyl (C=O) groups is 1. The molecule has 1 saturated heterocycles.